The molecule has 3 nitrogen and oxygen atoms in total. The standard InChI is InChI=1S/C12H16N2OS/c1-4-14-9-6-5-7-10(15-8(2)3)11(9)13-12(14)16/h5-8H,4H2,1-3H3,(H,13,16). The first-order valence-corrected chi connectivity index (χ1v) is 5.92. The van der Waals surface area contributed by atoms with E-state index in [0.717, 1.165) is 28.1 Å². The third kappa shape index (κ3) is 1.85. The van der Waals surface area contributed by atoms with Crippen molar-refractivity contribution < 1.29 is 4.74 Å². The highest BCUT2D eigenvalue weighted by Gasteiger charge is 2.08. The summed E-state index contributed by atoms with van der Waals surface area (Å²) in [4.78, 5) is 3.20. The number of nitrogens with one attached hydrogen (secondary N) is 1. The van der Waals surface area contributed by atoms with Crippen molar-refractivity contribution in [3.05, 3.63) is 23.0 Å². The van der Waals surface area contributed by atoms with Gasteiger partial charge in [-0.15, -0.1) is 0 Å². The Morgan fingerprint density at radius 1 is 1.44 bits per heavy atom. The molecule has 1 heterocycles. The number of para-hydroxylation sites is 1. The van der Waals surface area contributed by atoms with E-state index in [1.54, 1.807) is 0 Å². The van der Waals surface area contributed by atoms with Crippen LogP contribution in [-0.2, 0) is 6.54 Å². The first-order valence-electron chi connectivity index (χ1n) is 5.51. The number of nitrogens with zero attached hydrogens (tertiary/aromatic N) is 1. The molecule has 4 heteroatoms. The Bertz CT molecular complexity index is 554. The van der Waals surface area contributed by atoms with Gasteiger partial charge in [0.2, 0.25) is 0 Å². The van der Waals surface area contributed by atoms with Gasteiger partial charge in [0.15, 0.2) is 4.77 Å². The lowest BCUT2D eigenvalue weighted by Gasteiger charge is -2.10. The Kier molecular flexibility index (Phi) is 3.01. The van der Waals surface area contributed by atoms with Gasteiger partial charge in [-0.1, -0.05) is 6.07 Å². The Morgan fingerprint density at radius 2 is 2.19 bits per heavy atom. The lowest BCUT2D eigenvalue weighted by atomic mass is 10.3. The molecule has 2 rings (SSSR count). The fraction of sp³-hybridized carbons (Fsp3) is 0.417. The number of aromatic amines is 1. The maximum Gasteiger partial charge on any atom is 0.178 e. The van der Waals surface area contributed by atoms with Crippen LogP contribution in [-0.4, -0.2) is 15.7 Å². The summed E-state index contributed by atoms with van der Waals surface area (Å²) < 4.78 is 8.56. The van der Waals surface area contributed by atoms with Crippen molar-refractivity contribution in [2.24, 2.45) is 0 Å². The normalized spacial score (nSPS) is 11.2. The number of H-pyrrole nitrogens is 1. The van der Waals surface area contributed by atoms with Crippen LogP contribution >= 0.6 is 12.2 Å². The predicted molar refractivity (Wildman–Crippen MR) is 68.6 cm³/mol. The Balaban J connectivity index is 2.65. The lowest BCUT2D eigenvalue weighted by molar-refractivity contribution is 0.245. The van der Waals surface area contributed by atoms with E-state index in [9.17, 15) is 0 Å². The summed E-state index contributed by atoms with van der Waals surface area (Å²) >= 11 is 5.28. The maximum atomic E-state index is 5.75. The van der Waals surface area contributed by atoms with E-state index in [1.807, 2.05) is 26.0 Å². The summed E-state index contributed by atoms with van der Waals surface area (Å²) in [6.07, 6.45) is 0.164. The number of hydrogen-bond donors (Lipinski definition) is 1. The molecule has 0 atom stereocenters. The van der Waals surface area contributed by atoms with Crippen LogP contribution in [0.3, 0.4) is 0 Å². The van der Waals surface area contributed by atoms with Gasteiger partial charge in [-0.3, -0.25) is 0 Å². The van der Waals surface area contributed by atoms with Crippen molar-refractivity contribution in [1.82, 2.24) is 9.55 Å². The SMILES string of the molecule is CCn1c(=S)[nH]c2c(OC(C)C)cccc21. The van der Waals surface area contributed by atoms with Crippen molar-refractivity contribution in [2.45, 2.75) is 33.4 Å². The molecule has 1 N–H and O–H groups in total. The summed E-state index contributed by atoms with van der Waals surface area (Å²) in [5.74, 6) is 0.866. The number of hydrogen-bond acceptors (Lipinski definition) is 2. The summed E-state index contributed by atoms with van der Waals surface area (Å²) in [6.45, 7) is 6.98. The number of rotatable bonds is 3. The summed E-state index contributed by atoms with van der Waals surface area (Å²) in [7, 11) is 0. The predicted octanol–water partition coefficient (Wildman–Crippen LogP) is 3.51. The molecule has 0 fully saturated rings. The van der Waals surface area contributed by atoms with Crippen molar-refractivity contribution in [3.8, 4) is 5.75 Å². The van der Waals surface area contributed by atoms with Crippen molar-refractivity contribution in [1.29, 1.82) is 0 Å². The highest BCUT2D eigenvalue weighted by molar-refractivity contribution is 7.71. The van der Waals surface area contributed by atoms with Crippen LogP contribution in [0.4, 0.5) is 0 Å². The Morgan fingerprint density at radius 3 is 2.81 bits per heavy atom. The third-order valence-electron chi connectivity index (χ3n) is 2.45. The minimum atomic E-state index is 0.164. The molecule has 0 spiro atoms. The fourth-order valence-electron chi connectivity index (χ4n) is 1.82. The van der Waals surface area contributed by atoms with Gasteiger partial charge in [-0.2, -0.15) is 0 Å². The van der Waals surface area contributed by atoms with Gasteiger partial charge >= 0.3 is 0 Å². The van der Waals surface area contributed by atoms with Gasteiger partial charge in [0.1, 0.15) is 11.3 Å². The zero-order chi connectivity index (χ0) is 11.7. The van der Waals surface area contributed by atoms with Gasteiger partial charge in [-0.05, 0) is 45.1 Å². The number of fused-ring (bicyclic) bond motifs is 1. The summed E-state index contributed by atoms with van der Waals surface area (Å²) in [5.41, 5.74) is 2.09. The summed E-state index contributed by atoms with van der Waals surface area (Å²) in [6, 6.07) is 6.01. The molecule has 0 aliphatic carbocycles. The fourth-order valence-corrected chi connectivity index (χ4v) is 2.15. The second kappa shape index (κ2) is 4.29. The molecular weight excluding hydrogens is 220 g/mol. The van der Waals surface area contributed by atoms with Gasteiger partial charge in [0.25, 0.3) is 0 Å². The number of imidazole rings is 1. The molecule has 0 saturated heterocycles. The first kappa shape index (κ1) is 11.2. The molecule has 0 saturated carbocycles. The maximum absolute atomic E-state index is 5.75. The minimum absolute atomic E-state index is 0.164. The minimum Gasteiger partial charge on any atom is -0.489 e. The lowest BCUT2D eigenvalue weighted by Crippen LogP contribution is -2.05. The molecule has 1 aromatic heterocycles. The van der Waals surface area contributed by atoms with Crippen LogP contribution < -0.4 is 4.74 Å². The average molecular weight is 236 g/mol. The molecule has 1 aromatic carbocycles. The van der Waals surface area contributed by atoms with Crippen LogP contribution in [0.2, 0.25) is 0 Å². The van der Waals surface area contributed by atoms with Gasteiger partial charge in [0, 0.05) is 6.54 Å². The average Bonchev–Trinajstić information content (AvgIpc) is 2.54. The second-order valence-electron chi connectivity index (χ2n) is 3.99. The molecule has 0 aliphatic rings. The van der Waals surface area contributed by atoms with E-state index < -0.39 is 0 Å². The van der Waals surface area contributed by atoms with Crippen LogP contribution in [0.5, 0.6) is 5.75 Å². The van der Waals surface area contributed by atoms with E-state index in [4.69, 9.17) is 17.0 Å². The van der Waals surface area contributed by atoms with E-state index in [2.05, 4.69) is 22.5 Å². The third-order valence-corrected chi connectivity index (χ3v) is 2.77. The van der Waals surface area contributed by atoms with E-state index in [1.165, 1.54) is 0 Å². The molecule has 0 aliphatic heterocycles. The van der Waals surface area contributed by atoms with Crippen molar-refractivity contribution >= 4 is 23.3 Å². The zero-order valence-corrected chi connectivity index (χ0v) is 10.6. The molecule has 16 heavy (non-hydrogen) atoms. The van der Waals surface area contributed by atoms with E-state index in [-0.39, 0.29) is 6.10 Å². The molecule has 0 unspecified atom stereocenters. The van der Waals surface area contributed by atoms with E-state index >= 15 is 0 Å². The van der Waals surface area contributed by atoms with Crippen LogP contribution in [0.1, 0.15) is 20.8 Å². The topological polar surface area (TPSA) is 29.9 Å². The smallest absolute Gasteiger partial charge is 0.178 e. The van der Waals surface area contributed by atoms with Gasteiger partial charge in [-0.25, -0.2) is 0 Å². The number of aromatic nitrogens is 2. The summed E-state index contributed by atoms with van der Waals surface area (Å²) in [5, 5.41) is 0. The van der Waals surface area contributed by atoms with Crippen molar-refractivity contribution in [3.63, 3.8) is 0 Å². The van der Waals surface area contributed by atoms with Crippen LogP contribution in [0.15, 0.2) is 18.2 Å². The number of aryl methyl sites for hydroxylation is 1. The second-order valence-corrected chi connectivity index (χ2v) is 4.38. The van der Waals surface area contributed by atoms with Crippen LogP contribution in [0.25, 0.3) is 11.0 Å². The number of benzene rings is 1. The van der Waals surface area contributed by atoms with Crippen LogP contribution in [0, 0.1) is 4.77 Å². The molecule has 2 aromatic rings. The highest BCUT2D eigenvalue weighted by Crippen LogP contribution is 2.25. The largest absolute Gasteiger partial charge is 0.489 e. The number of ether oxygens (including phenoxy) is 1. The first-order chi connectivity index (χ1) is 7.63. The molecule has 0 amide bonds. The van der Waals surface area contributed by atoms with Gasteiger partial charge < -0.3 is 14.3 Å². The molecule has 0 radical (unpaired) electrons. The van der Waals surface area contributed by atoms with Gasteiger partial charge in [0.05, 0.1) is 11.6 Å². The zero-order valence-electron chi connectivity index (χ0n) is 9.78. The van der Waals surface area contributed by atoms with E-state index in [0.29, 0.717) is 0 Å². The Labute approximate surface area is 100 Å². The Hall–Kier alpha value is -1.29. The quantitative estimate of drug-likeness (QED) is 0.826. The molecule has 86 valence electrons. The highest BCUT2D eigenvalue weighted by atomic mass is 32.1. The molecular formula is C12H16N2OS. The monoisotopic (exact) mass is 236 g/mol. The van der Waals surface area contributed by atoms with Crippen molar-refractivity contribution in [2.75, 3.05) is 0 Å². The molecule has 0 bridgehead atoms.